The molecule has 0 unspecified atom stereocenters. The van der Waals surface area contributed by atoms with Crippen molar-refractivity contribution in [1.29, 1.82) is 0 Å². The lowest BCUT2D eigenvalue weighted by Gasteiger charge is -2.36. The van der Waals surface area contributed by atoms with E-state index in [2.05, 4.69) is 33.9 Å². The van der Waals surface area contributed by atoms with E-state index >= 15 is 0 Å². The third-order valence-electron chi connectivity index (χ3n) is 4.96. The molecule has 0 saturated carbocycles. The number of hydrogen-bond donors (Lipinski definition) is 0. The van der Waals surface area contributed by atoms with E-state index in [9.17, 15) is 4.79 Å². The van der Waals surface area contributed by atoms with E-state index in [0.29, 0.717) is 17.0 Å². The van der Waals surface area contributed by atoms with Gasteiger partial charge in [-0.2, -0.15) is 0 Å². The Kier molecular flexibility index (Phi) is 5.80. The molecule has 0 fully saturated rings. The Morgan fingerprint density at radius 3 is 2.20 bits per heavy atom. The van der Waals surface area contributed by atoms with E-state index in [-0.39, 0.29) is 10.8 Å². The monoisotopic (exact) mass is 374 g/mol. The van der Waals surface area contributed by atoms with Crippen LogP contribution in [-0.4, -0.2) is 14.1 Å². The summed E-state index contributed by atoms with van der Waals surface area (Å²) >= 11 is 6.14. The van der Waals surface area contributed by atoms with Crippen LogP contribution in [0.2, 0.25) is 23.2 Å². The van der Waals surface area contributed by atoms with Gasteiger partial charge in [-0.1, -0.05) is 44.5 Å². The highest BCUT2D eigenvalue weighted by molar-refractivity contribution is 6.74. The molecule has 2 nitrogen and oxygen atoms in total. The Labute approximate surface area is 157 Å². The highest BCUT2D eigenvalue weighted by Crippen LogP contribution is 2.37. The number of halogens is 1. The summed E-state index contributed by atoms with van der Waals surface area (Å²) in [6.45, 7) is 13.0. The van der Waals surface area contributed by atoms with Crippen LogP contribution in [-0.2, 0) is 6.42 Å². The lowest BCUT2D eigenvalue weighted by atomic mass is 10.0. The van der Waals surface area contributed by atoms with Crippen molar-refractivity contribution in [3.05, 3.63) is 64.2 Å². The second-order valence-electron chi connectivity index (χ2n) is 8.07. The van der Waals surface area contributed by atoms with Gasteiger partial charge >= 0.3 is 0 Å². The van der Waals surface area contributed by atoms with Gasteiger partial charge in [0, 0.05) is 17.0 Å². The third-order valence-corrected chi connectivity index (χ3v) is 9.72. The maximum absolute atomic E-state index is 12.5. The number of benzene rings is 2. The molecule has 2 aromatic rings. The average Bonchev–Trinajstić information content (AvgIpc) is 2.50. The SMILES string of the molecule is Cc1ccc(CC(=O)c2ccc(O[Si](C)(C)C(C)(C)C)cc2)cc1Cl. The molecule has 0 aliphatic carbocycles. The molecular weight excluding hydrogens is 348 g/mol. The molecule has 134 valence electrons. The van der Waals surface area contributed by atoms with E-state index in [0.717, 1.165) is 16.9 Å². The van der Waals surface area contributed by atoms with E-state index in [1.807, 2.05) is 49.4 Å². The second-order valence-corrected chi connectivity index (χ2v) is 13.2. The average molecular weight is 375 g/mol. The Morgan fingerprint density at radius 2 is 1.68 bits per heavy atom. The molecule has 0 spiro atoms. The van der Waals surface area contributed by atoms with Crippen molar-refractivity contribution in [2.75, 3.05) is 0 Å². The van der Waals surface area contributed by atoms with E-state index < -0.39 is 8.32 Å². The number of aryl methyl sites for hydroxylation is 1. The first kappa shape index (κ1) is 19.7. The molecule has 0 heterocycles. The highest BCUT2D eigenvalue weighted by Gasteiger charge is 2.38. The quantitative estimate of drug-likeness (QED) is 0.443. The molecule has 2 rings (SSSR count). The zero-order valence-corrected chi connectivity index (χ0v) is 17.7. The van der Waals surface area contributed by atoms with Gasteiger partial charge in [-0.25, -0.2) is 0 Å². The number of hydrogen-bond acceptors (Lipinski definition) is 2. The van der Waals surface area contributed by atoms with Gasteiger partial charge in [0.2, 0.25) is 8.32 Å². The lowest BCUT2D eigenvalue weighted by Crippen LogP contribution is -2.43. The first-order chi connectivity index (χ1) is 11.5. The number of Topliss-reactive ketones (excluding diaryl/α,β-unsaturated/α-hetero) is 1. The van der Waals surface area contributed by atoms with Gasteiger partial charge in [-0.3, -0.25) is 4.79 Å². The van der Waals surface area contributed by atoms with Crippen LogP contribution in [0, 0.1) is 6.92 Å². The first-order valence-electron chi connectivity index (χ1n) is 8.57. The van der Waals surface area contributed by atoms with Crippen molar-refractivity contribution in [2.24, 2.45) is 0 Å². The molecule has 2 aromatic carbocycles. The molecule has 0 N–H and O–H groups in total. The van der Waals surface area contributed by atoms with Crippen molar-refractivity contribution < 1.29 is 9.22 Å². The second kappa shape index (κ2) is 7.34. The predicted octanol–water partition coefficient (Wildman–Crippen LogP) is 6.46. The minimum Gasteiger partial charge on any atom is -0.544 e. The van der Waals surface area contributed by atoms with E-state index in [4.69, 9.17) is 16.0 Å². The highest BCUT2D eigenvalue weighted by atomic mass is 35.5. The molecule has 0 aliphatic rings. The summed E-state index contributed by atoms with van der Waals surface area (Å²) in [7, 11) is -1.86. The van der Waals surface area contributed by atoms with Crippen LogP contribution in [0.4, 0.5) is 0 Å². The molecule has 25 heavy (non-hydrogen) atoms. The maximum Gasteiger partial charge on any atom is 0.250 e. The molecule has 0 bridgehead atoms. The summed E-state index contributed by atoms with van der Waals surface area (Å²) in [5.41, 5.74) is 2.64. The molecule has 0 radical (unpaired) electrons. The number of carbonyl (C=O) groups is 1. The van der Waals surface area contributed by atoms with Gasteiger partial charge in [0.05, 0.1) is 0 Å². The standard InChI is InChI=1S/C21H27ClO2Si/c1-15-7-8-16(13-19(15)22)14-20(23)17-9-11-18(12-10-17)24-25(5,6)21(2,3)4/h7-13H,14H2,1-6H3. The molecule has 0 aliphatic heterocycles. The van der Waals surface area contributed by atoms with Gasteiger partial charge in [-0.05, 0) is 66.5 Å². The molecule has 0 atom stereocenters. The molecule has 0 saturated heterocycles. The van der Waals surface area contributed by atoms with Crippen LogP contribution in [0.1, 0.15) is 42.3 Å². The van der Waals surface area contributed by atoms with E-state index in [1.165, 1.54) is 0 Å². The van der Waals surface area contributed by atoms with Crippen molar-refractivity contribution in [2.45, 2.75) is 52.2 Å². The van der Waals surface area contributed by atoms with Crippen molar-refractivity contribution in [1.82, 2.24) is 0 Å². The summed E-state index contributed by atoms with van der Waals surface area (Å²) < 4.78 is 6.26. The topological polar surface area (TPSA) is 26.3 Å². The molecule has 0 aromatic heterocycles. The Morgan fingerprint density at radius 1 is 1.08 bits per heavy atom. The van der Waals surface area contributed by atoms with Crippen LogP contribution in [0.15, 0.2) is 42.5 Å². The summed E-state index contributed by atoms with van der Waals surface area (Å²) in [6.07, 6.45) is 0.350. The van der Waals surface area contributed by atoms with E-state index in [1.54, 1.807) is 0 Å². The van der Waals surface area contributed by atoms with Crippen LogP contribution < -0.4 is 4.43 Å². The zero-order valence-electron chi connectivity index (χ0n) is 15.9. The molecular formula is C21H27ClO2Si. The molecule has 0 amide bonds. The van der Waals surface area contributed by atoms with Crippen LogP contribution in [0.5, 0.6) is 5.75 Å². The van der Waals surface area contributed by atoms with Crippen LogP contribution in [0.3, 0.4) is 0 Å². The van der Waals surface area contributed by atoms with Crippen molar-refractivity contribution >= 4 is 25.7 Å². The molecule has 4 heteroatoms. The summed E-state index contributed by atoms with van der Waals surface area (Å²) in [4.78, 5) is 12.5. The Balaban J connectivity index is 2.08. The smallest absolute Gasteiger partial charge is 0.250 e. The van der Waals surface area contributed by atoms with Crippen LogP contribution in [0.25, 0.3) is 0 Å². The fourth-order valence-electron chi connectivity index (χ4n) is 2.19. The zero-order chi connectivity index (χ0) is 18.8. The lowest BCUT2D eigenvalue weighted by molar-refractivity contribution is 0.0993. The normalized spacial score (nSPS) is 12.1. The maximum atomic E-state index is 12.5. The fraction of sp³-hybridized carbons (Fsp3) is 0.381. The third kappa shape index (κ3) is 4.96. The minimum absolute atomic E-state index is 0.0822. The predicted molar refractivity (Wildman–Crippen MR) is 108 cm³/mol. The Bertz CT molecular complexity index is 758. The van der Waals surface area contributed by atoms with Crippen LogP contribution >= 0.6 is 11.6 Å². The van der Waals surface area contributed by atoms with Gasteiger partial charge in [0.25, 0.3) is 0 Å². The largest absolute Gasteiger partial charge is 0.544 e. The summed E-state index contributed by atoms with van der Waals surface area (Å²) in [5.74, 6) is 0.917. The van der Waals surface area contributed by atoms with Gasteiger partial charge in [-0.15, -0.1) is 0 Å². The number of ketones is 1. The minimum atomic E-state index is -1.86. The van der Waals surface area contributed by atoms with Crippen molar-refractivity contribution in [3.8, 4) is 5.75 Å². The Hall–Kier alpha value is -1.58. The summed E-state index contributed by atoms with van der Waals surface area (Å²) in [6, 6.07) is 13.3. The fourth-order valence-corrected chi connectivity index (χ4v) is 3.43. The van der Waals surface area contributed by atoms with Gasteiger partial charge in [0.15, 0.2) is 5.78 Å². The summed E-state index contributed by atoms with van der Waals surface area (Å²) in [5, 5.41) is 0.843. The van der Waals surface area contributed by atoms with Gasteiger partial charge in [0.1, 0.15) is 5.75 Å². The number of carbonyl (C=O) groups excluding carboxylic acids is 1. The first-order valence-corrected chi connectivity index (χ1v) is 11.9. The van der Waals surface area contributed by atoms with Gasteiger partial charge < -0.3 is 4.43 Å². The number of rotatable bonds is 5. The van der Waals surface area contributed by atoms with Crippen molar-refractivity contribution in [3.63, 3.8) is 0 Å².